The Morgan fingerprint density at radius 3 is 2.38 bits per heavy atom. The molecule has 0 unspecified atom stereocenters. The highest BCUT2D eigenvalue weighted by Gasteiger charge is 2.15. The van der Waals surface area contributed by atoms with Crippen LogP contribution in [0.25, 0.3) is 0 Å². The zero-order chi connectivity index (χ0) is 19.1. The van der Waals surface area contributed by atoms with Crippen LogP contribution >= 0.6 is 34.8 Å². The molecule has 0 aliphatic carbocycles. The first-order valence-electron chi connectivity index (χ1n) is 8.32. The van der Waals surface area contributed by atoms with Gasteiger partial charge < -0.3 is 19.9 Å². The molecule has 2 N–H and O–H groups in total. The molecule has 0 aliphatic heterocycles. The van der Waals surface area contributed by atoms with Gasteiger partial charge in [0.05, 0.1) is 17.7 Å². The Hall–Kier alpha value is -1.17. The lowest BCUT2D eigenvalue weighted by atomic mass is 10.2. The van der Waals surface area contributed by atoms with E-state index in [1.54, 1.807) is 25.1 Å². The van der Waals surface area contributed by atoms with Crippen LogP contribution in [0.1, 0.15) is 25.0 Å². The van der Waals surface area contributed by atoms with Crippen molar-refractivity contribution in [2.75, 3.05) is 13.2 Å². The normalized spacial score (nSPS) is 12.1. The largest absolute Gasteiger partial charge is 0.490 e. The molecule has 0 fully saturated rings. The summed E-state index contributed by atoms with van der Waals surface area (Å²) in [5, 5.41) is 14.0. The summed E-state index contributed by atoms with van der Waals surface area (Å²) in [4.78, 5) is 0. The molecule has 0 amide bonds. The summed E-state index contributed by atoms with van der Waals surface area (Å²) in [6.45, 7) is 5.32. The van der Waals surface area contributed by atoms with Crippen molar-refractivity contribution < 1.29 is 14.6 Å². The number of hydrogen-bond donors (Lipinski definition) is 2. The van der Waals surface area contributed by atoms with Gasteiger partial charge in [-0.3, -0.25) is 0 Å². The molecular formula is C19H22Cl3NO3. The van der Waals surface area contributed by atoms with Crippen molar-refractivity contribution in [3.63, 3.8) is 0 Å². The van der Waals surface area contributed by atoms with Gasteiger partial charge in [0.15, 0.2) is 11.5 Å². The highest BCUT2D eigenvalue weighted by molar-refractivity contribution is 6.36. The van der Waals surface area contributed by atoms with Crippen LogP contribution < -0.4 is 14.8 Å². The van der Waals surface area contributed by atoms with Crippen molar-refractivity contribution in [1.82, 2.24) is 5.32 Å². The van der Waals surface area contributed by atoms with Gasteiger partial charge in [-0.1, -0.05) is 40.9 Å². The highest BCUT2D eigenvalue weighted by Crippen LogP contribution is 2.38. The van der Waals surface area contributed by atoms with Gasteiger partial charge >= 0.3 is 0 Å². The predicted molar refractivity (Wildman–Crippen MR) is 107 cm³/mol. The Bertz CT molecular complexity index is 718. The van der Waals surface area contributed by atoms with E-state index in [-0.39, 0.29) is 6.61 Å². The molecule has 0 saturated heterocycles. The lowest BCUT2D eigenvalue weighted by Gasteiger charge is -2.16. The van der Waals surface area contributed by atoms with E-state index in [1.165, 1.54) is 0 Å². The molecule has 0 saturated carbocycles. The van der Waals surface area contributed by atoms with Gasteiger partial charge in [0.1, 0.15) is 6.61 Å². The van der Waals surface area contributed by atoms with E-state index >= 15 is 0 Å². The summed E-state index contributed by atoms with van der Waals surface area (Å²) in [6, 6.07) is 8.97. The Labute approximate surface area is 169 Å². The zero-order valence-corrected chi connectivity index (χ0v) is 17.0. The maximum Gasteiger partial charge on any atom is 0.180 e. The summed E-state index contributed by atoms with van der Waals surface area (Å²) >= 11 is 18.8. The Morgan fingerprint density at radius 1 is 1.08 bits per heavy atom. The number of ether oxygens (including phenoxy) is 2. The molecule has 142 valence electrons. The van der Waals surface area contributed by atoms with Crippen molar-refractivity contribution >= 4 is 34.8 Å². The number of rotatable bonds is 9. The molecule has 4 nitrogen and oxygen atoms in total. The van der Waals surface area contributed by atoms with Crippen molar-refractivity contribution in [3.05, 3.63) is 56.5 Å². The Kier molecular flexibility index (Phi) is 8.32. The van der Waals surface area contributed by atoms with Crippen LogP contribution in [0.15, 0.2) is 30.3 Å². The lowest BCUT2D eigenvalue weighted by molar-refractivity contribution is 0.191. The third kappa shape index (κ3) is 5.93. The quantitative estimate of drug-likeness (QED) is 0.595. The van der Waals surface area contributed by atoms with E-state index in [0.29, 0.717) is 51.8 Å². The first kappa shape index (κ1) is 21.1. The average molecular weight is 419 g/mol. The minimum atomic E-state index is -0.417. The fourth-order valence-corrected chi connectivity index (χ4v) is 3.16. The fourth-order valence-electron chi connectivity index (χ4n) is 2.37. The van der Waals surface area contributed by atoms with Gasteiger partial charge in [-0.05, 0) is 43.7 Å². The lowest BCUT2D eigenvalue weighted by Crippen LogP contribution is -2.23. The number of aliphatic hydroxyl groups excluding tert-OH is 1. The Balaban J connectivity index is 2.18. The molecule has 0 spiro atoms. The number of hydrogen-bond acceptors (Lipinski definition) is 4. The van der Waals surface area contributed by atoms with E-state index in [4.69, 9.17) is 44.3 Å². The first-order chi connectivity index (χ1) is 12.4. The maximum absolute atomic E-state index is 9.34. The number of halogens is 3. The number of aliphatic hydroxyl groups is 1. The van der Waals surface area contributed by atoms with Gasteiger partial charge in [0.25, 0.3) is 0 Å². The molecule has 0 heterocycles. The maximum atomic E-state index is 9.34. The third-order valence-electron chi connectivity index (χ3n) is 3.56. The average Bonchev–Trinajstić information content (AvgIpc) is 2.56. The van der Waals surface area contributed by atoms with E-state index in [0.717, 1.165) is 5.56 Å². The van der Waals surface area contributed by atoms with Gasteiger partial charge in [-0.2, -0.15) is 0 Å². The third-order valence-corrected chi connectivity index (χ3v) is 4.55. The number of nitrogens with one attached hydrogen (secondary N) is 1. The molecule has 1 atom stereocenters. The summed E-state index contributed by atoms with van der Waals surface area (Å²) in [5.41, 5.74) is 1.62. The fraction of sp³-hybridized carbons (Fsp3) is 0.368. The molecule has 0 bridgehead atoms. The monoisotopic (exact) mass is 417 g/mol. The predicted octanol–water partition coefficient (Wildman–Crippen LogP) is 5.09. The first-order valence-corrected chi connectivity index (χ1v) is 9.45. The summed E-state index contributed by atoms with van der Waals surface area (Å²) in [7, 11) is 0. The smallest absolute Gasteiger partial charge is 0.180 e. The molecule has 0 radical (unpaired) electrons. The van der Waals surface area contributed by atoms with Crippen LogP contribution in [-0.4, -0.2) is 24.4 Å². The van der Waals surface area contributed by atoms with Crippen LogP contribution in [0.2, 0.25) is 15.1 Å². The van der Waals surface area contributed by atoms with E-state index in [2.05, 4.69) is 5.32 Å². The SMILES string of the molecule is CCOc1cc(CNC[C@@H](C)O)cc(Cl)c1OCc1c(Cl)cccc1Cl. The van der Waals surface area contributed by atoms with Gasteiger partial charge in [-0.25, -0.2) is 0 Å². The van der Waals surface area contributed by atoms with Crippen LogP contribution in [0.4, 0.5) is 0 Å². The number of benzene rings is 2. The standard InChI is InChI=1S/C19H22Cl3NO3/c1-3-25-18-8-13(10-23-9-12(2)24)7-17(22)19(18)26-11-14-15(20)5-4-6-16(14)21/h4-8,12,23-24H,3,9-11H2,1-2H3/t12-/m1/s1. The molecule has 2 aromatic carbocycles. The van der Waals surface area contributed by atoms with Gasteiger partial charge in [0, 0.05) is 28.7 Å². The molecule has 2 rings (SSSR count). The zero-order valence-electron chi connectivity index (χ0n) is 14.7. The van der Waals surface area contributed by atoms with Crippen LogP contribution in [-0.2, 0) is 13.2 Å². The second-order valence-electron chi connectivity index (χ2n) is 5.81. The highest BCUT2D eigenvalue weighted by atomic mass is 35.5. The minimum Gasteiger partial charge on any atom is -0.490 e. The molecule has 0 aliphatic rings. The van der Waals surface area contributed by atoms with Crippen LogP contribution in [0, 0.1) is 0 Å². The van der Waals surface area contributed by atoms with E-state index in [9.17, 15) is 5.11 Å². The molecule has 7 heteroatoms. The Morgan fingerprint density at radius 2 is 1.77 bits per heavy atom. The van der Waals surface area contributed by atoms with Crippen molar-refractivity contribution in [3.8, 4) is 11.5 Å². The second-order valence-corrected chi connectivity index (χ2v) is 7.03. The van der Waals surface area contributed by atoms with Crippen molar-refractivity contribution in [2.24, 2.45) is 0 Å². The summed E-state index contributed by atoms with van der Waals surface area (Å²) in [6.07, 6.45) is -0.417. The summed E-state index contributed by atoms with van der Waals surface area (Å²) < 4.78 is 11.6. The molecular weight excluding hydrogens is 397 g/mol. The van der Waals surface area contributed by atoms with E-state index in [1.807, 2.05) is 19.1 Å². The topological polar surface area (TPSA) is 50.7 Å². The van der Waals surface area contributed by atoms with Crippen molar-refractivity contribution in [1.29, 1.82) is 0 Å². The minimum absolute atomic E-state index is 0.178. The van der Waals surface area contributed by atoms with Gasteiger partial charge in [0.2, 0.25) is 0 Å². The molecule has 0 aromatic heterocycles. The van der Waals surface area contributed by atoms with E-state index < -0.39 is 6.10 Å². The molecule has 2 aromatic rings. The van der Waals surface area contributed by atoms with Crippen LogP contribution in [0.5, 0.6) is 11.5 Å². The van der Waals surface area contributed by atoms with Crippen LogP contribution in [0.3, 0.4) is 0 Å². The molecule has 26 heavy (non-hydrogen) atoms. The second kappa shape index (κ2) is 10.2. The summed E-state index contributed by atoms with van der Waals surface area (Å²) in [5.74, 6) is 1.00. The van der Waals surface area contributed by atoms with Crippen molar-refractivity contribution in [2.45, 2.75) is 33.1 Å². The van der Waals surface area contributed by atoms with Gasteiger partial charge in [-0.15, -0.1) is 0 Å².